The second kappa shape index (κ2) is 2.36. The van der Waals surface area contributed by atoms with Gasteiger partial charge in [-0.2, -0.15) is 3.89 Å². The first-order valence-corrected chi connectivity index (χ1v) is 4.99. The Morgan fingerprint density at radius 1 is 1.00 bits per heavy atom. The highest BCUT2D eigenvalue weighted by Crippen LogP contribution is 2.52. The maximum atomic E-state index is 12.6. The lowest BCUT2D eigenvalue weighted by atomic mass is 9.66. The summed E-state index contributed by atoms with van der Waals surface area (Å²) in [6.45, 7) is 0. The van der Waals surface area contributed by atoms with Crippen LogP contribution in [0.15, 0.2) is 0 Å². The van der Waals surface area contributed by atoms with E-state index in [0.29, 0.717) is 12.1 Å². The topological polar surface area (TPSA) is 26.0 Å². The molecule has 3 aliphatic rings. The minimum Gasteiger partial charge on any atom is -0.325 e. The highest BCUT2D eigenvalue weighted by atomic mass is 32.2. The van der Waals surface area contributed by atoms with Crippen molar-refractivity contribution in [2.24, 2.45) is 5.73 Å². The van der Waals surface area contributed by atoms with Gasteiger partial charge in [-0.3, -0.25) is 0 Å². The minimum atomic E-state index is -0.0267. The number of fused-ring (bicyclic) bond motifs is 3. The Hall–Kier alpha value is 0.240. The van der Waals surface area contributed by atoms with Gasteiger partial charge in [-0.15, -0.1) is 0 Å². The van der Waals surface area contributed by atoms with Gasteiger partial charge in [0.2, 0.25) is 0 Å². The number of hydrogen-bond donors (Lipinski definition) is 1. The monoisotopic (exact) mass is 175 g/mol. The Morgan fingerprint density at radius 3 is 1.82 bits per heavy atom. The fourth-order valence-electron chi connectivity index (χ4n) is 2.30. The van der Waals surface area contributed by atoms with E-state index >= 15 is 0 Å². The van der Waals surface area contributed by atoms with Gasteiger partial charge in [0, 0.05) is 10.3 Å². The van der Waals surface area contributed by atoms with Crippen molar-refractivity contribution in [3.8, 4) is 0 Å². The minimum absolute atomic E-state index is 0.0267. The zero-order valence-corrected chi connectivity index (χ0v) is 7.42. The average Bonchev–Trinajstić information content (AvgIpc) is 2.07. The zero-order valence-electron chi connectivity index (χ0n) is 6.61. The van der Waals surface area contributed by atoms with Gasteiger partial charge < -0.3 is 5.73 Å². The Labute approximate surface area is 71.2 Å². The molecule has 3 aliphatic carbocycles. The van der Waals surface area contributed by atoms with Crippen LogP contribution in [0.1, 0.15) is 38.5 Å². The molecule has 0 amide bonds. The summed E-state index contributed by atoms with van der Waals surface area (Å²) in [5, 5.41) is 0. The molecule has 0 aromatic rings. The van der Waals surface area contributed by atoms with Gasteiger partial charge in [-0.05, 0) is 38.5 Å². The molecule has 0 spiro atoms. The smallest absolute Gasteiger partial charge is 0.0511 e. The summed E-state index contributed by atoms with van der Waals surface area (Å²) >= 11 is 0.574. The molecule has 2 bridgehead atoms. The van der Waals surface area contributed by atoms with E-state index in [2.05, 4.69) is 0 Å². The first-order valence-electron chi connectivity index (χ1n) is 4.27. The van der Waals surface area contributed by atoms with E-state index in [4.69, 9.17) is 5.73 Å². The van der Waals surface area contributed by atoms with E-state index < -0.39 is 0 Å². The average molecular weight is 175 g/mol. The molecule has 0 aromatic carbocycles. The summed E-state index contributed by atoms with van der Waals surface area (Å²) in [6.07, 6.45) is 6.07. The van der Waals surface area contributed by atoms with Crippen molar-refractivity contribution in [2.75, 3.05) is 0 Å². The van der Waals surface area contributed by atoms with E-state index in [1.807, 2.05) is 0 Å². The summed E-state index contributed by atoms with van der Waals surface area (Å²) in [7, 11) is 0. The fourth-order valence-corrected chi connectivity index (χ4v) is 2.83. The lowest BCUT2D eigenvalue weighted by molar-refractivity contribution is 0.162. The van der Waals surface area contributed by atoms with Crippen LogP contribution < -0.4 is 5.73 Å². The van der Waals surface area contributed by atoms with Crippen molar-refractivity contribution in [2.45, 2.75) is 48.8 Å². The van der Waals surface area contributed by atoms with E-state index in [9.17, 15) is 3.89 Å². The van der Waals surface area contributed by atoms with Crippen LogP contribution in [0.25, 0.3) is 0 Å². The van der Waals surface area contributed by atoms with E-state index in [1.54, 1.807) is 0 Å². The van der Waals surface area contributed by atoms with Crippen LogP contribution in [-0.4, -0.2) is 10.3 Å². The lowest BCUT2D eigenvalue weighted by Crippen LogP contribution is -2.53. The second-order valence-corrected chi connectivity index (χ2v) is 5.14. The predicted octanol–water partition coefficient (Wildman–Crippen LogP) is 2.41. The van der Waals surface area contributed by atoms with Gasteiger partial charge >= 0.3 is 0 Å². The molecule has 11 heavy (non-hydrogen) atoms. The molecule has 3 heteroatoms. The van der Waals surface area contributed by atoms with Crippen molar-refractivity contribution >= 4 is 12.1 Å². The third-order valence-corrected chi connectivity index (χ3v) is 4.34. The number of halogens is 1. The quantitative estimate of drug-likeness (QED) is 0.662. The molecule has 0 aliphatic heterocycles. The Balaban J connectivity index is 2.12. The normalized spacial score (nSPS) is 49.6. The number of hydrogen-bond acceptors (Lipinski definition) is 2. The van der Waals surface area contributed by atoms with Gasteiger partial charge in [-0.25, -0.2) is 0 Å². The number of rotatable bonds is 1. The van der Waals surface area contributed by atoms with E-state index in [-0.39, 0.29) is 10.3 Å². The van der Waals surface area contributed by atoms with Crippen LogP contribution in [-0.2, 0) is 0 Å². The van der Waals surface area contributed by atoms with Crippen molar-refractivity contribution in [3.05, 3.63) is 0 Å². The maximum absolute atomic E-state index is 12.6. The standard InChI is InChI=1S/C8H14FNS/c9-11-8-4-1-7(10,2-5-8)3-6-8/h1-6,10H2. The van der Waals surface area contributed by atoms with Crippen LogP contribution in [0, 0.1) is 0 Å². The summed E-state index contributed by atoms with van der Waals surface area (Å²) in [5.74, 6) is 0. The molecule has 0 radical (unpaired) electrons. The van der Waals surface area contributed by atoms with Crippen molar-refractivity contribution < 1.29 is 3.89 Å². The lowest BCUT2D eigenvalue weighted by Gasteiger charge is -2.49. The molecule has 0 unspecified atom stereocenters. The zero-order chi connectivity index (χ0) is 7.95. The third-order valence-electron chi connectivity index (χ3n) is 3.40. The Morgan fingerprint density at radius 2 is 1.45 bits per heavy atom. The Kier molecular flexibility index (Phi) is 1.69. The summed E-state index contributed by atoms with van der Waals surface area (Å²) in [5.41, 5.74) is 6.16. The molecular formula is C8H14FNS. The molecule has 0 heterocycles. The molecule has 3 saturated carbocycles. The molecule has 1 nitrogen and oxygen atoms in total. The third kappa shape index (κ3) is 1.18. The van der Waals surface area contributed by atoms with E-state index in [0.717, 1.165) is 38.5 Å². The maximum Gasteiger partial charge on any atom is 0.0511 e. The summed E-state index contributed by atoms with van der Waals surface area (Å²) in [4.78, 5) is 0. The van der Waals surface area contributed by atoms with Crippen LogP contribution in [0.3, 0.4) is 0 Å². The molecule has 2 N–H and O–H groups in total. The molecule has 0 atom stereocenters. The highest BCUT2D eigenvalue weighted by Gasteiger charge is 2.47. The van der Waals surface area contributed by atoms with Gasteiger partial charge in [0.05, 0.1) is 12.1 Å². The highest BCUT2D eigenvalue weighted by molar-refractivity contribution is 7.95. The fraction of sp³-hybridized carbons (Fsp3) is 1.00. The van der Waals surface area contributed by atoms with Crippen molar-refractivity contribution in [1.29, 1.82) is 0 Å². The first kappa shape index (κ1) is 7.87. The first-order chi connectivity index (χ1) is 5.18. The van der Waals surface area contributed by atoms with Crippen LogP contribution in [0.5, 0.6) is 0 Å². The second-order valence-electron chi connectivity index (χ2n) is 4.12. The molecular weight excluding hydrogens is 161 g/mol. The van der Waals surface area contributed by atoms with Crippen LogP contribution in [0.2, 0.25) is 0 Å². The SMILES string of the molecule is NC12CCC(SF)(CC1)CC2. The van der Waals surface area contributed by atoms with Gasteiger partial charge in [0.1, 0.15) is 0 Å². The van der Waals surface area contributed by atoms with Crippen LogP contribution in [0.4, 0.5) is 3.89 Å². The van der Waals surface area contributed by atoms with Crippen molar-refractivity contribution in [1.82, 2.24) is 0 Å². The van der Waals surface area contributed by atoms with Gasteiger partial charge in [-0.1, -0.05) is 0 Å². The number of nitrogens with two attached hydrogens (primary N) is 1. The molecule has 64 valence electrons. The Bertz CT molecular complexity index is 147. The molecule has 0 saturated heterocycles. The largest absolute Gasteiger partial charge is 0.325 e. The summed E-state index contributed by atoms with van der Waals surface area (Å²) in [6, 6.07) is 0. The van der Waals surface area contributed by atoms with Crippen molar-refractivity contribution in [3.63, 3.8) is 0 Å². The van der Waals surface area contributed by atoms with Crippen LogP contribution >= 0.6 is 12.1 Å². The van der Waals surface area contributed by atoms with Gasteiger partial charge in [0.15, 0.2) is 0 Å². The molecule has 3 fully saturated rings. The van der Waals surface area contributed by atoms with E-state index in [1.165, 1.54) is 0 Å². The molecule has 0 aromatic heterocycles. The predicted molar refractivity (Wildman–Crippen MR) is 46.1 cm³/mol. The van der Waals surface area contributed by atoms with Gasteiger partial charge in [0.25, 0.3) is 0 Å². The summed E-state index contributed by atoms with van der Waals surface area (Å²) < 4.78 is 12.5. The molecule has 3 rings (SSSR count).